The first kappa shape index (κ1) is 21.2. The molecule has 1 saturated heterocycles. The van der Waals surface area contributed by atoms with Crippen molar-refractivity contribution in [3.05, 3.63) is 34.9 Å². The van der Waals surface area contributed by atoms with Gasteiger partial charge in [0.2, 0.25) is 0 Å². The highest BCUT2D eigenvalue weighted by atomic mass is 35.5. The lowest BCUT2D eigenvalue weighted by Gasteiger charge is -2.31. The van der Waals surface area contributed by atoms with E-state index in [0.717, 1.165) is 0 Å². The van der Waals surface area contributed by atoms with Crippen LogP contribution in [0, 0.1) is 5.92 Å². The molecule has 1 aromatic carbocycles. The van der Waals surface area contributed by atoms with Gasteiger partial charge in [0.15, 0.2) is 6.10 Å². The first-order valence-electron chi connectivity index (χ1n) is 9.14. The van der Waals surface area contributed by atoms with Gasteiger partial charge < -0.3 is 15.0 Å². The van der Waals surface area contributed by atoms with Crippen molar-refractivity contribution in [3.63, 3.8) is 0 Å². The van der Waals surface area contributed by atoms with Gasteiger partial charge in [0.1, 0.15) is 0 Å². The number of rotatable bonds is 4. The standard InChI is InChI=1S/C20H27ClN2O4/c1-13(17(24)22-20(2,3)4)27-19(26)15-9-11-23(12-10-15)18(25)14-5-7-16(21)8-6-14/h5-8,13,15H,9-12H2,1-4H3,(H,22,24)/t13-/m1/s1. The number of benzene rings is 1. The zero-order chi connectivity index (χ0) is 20.2. The van der Waals surface area contributed by atoms with E-state index in [1.165, 1.54) is 0 Å². The monoisotopic (exact) mass is 394 g/mol. The number of halogens is 1. The summed E-state index contributed by atoms with van der Waals surface area (Å²) in [6, 6.07) is 6.76. The summed E-state index contributed by atoms with van der Waals surface area (Å²) in [4.78, 5) is 38.6. The molecule has 7 heteroatoms. The van der Waals surface area contributed by atoms with E-state index in [4.69, 9.17) is 16.3 Å². The third kappa shape index (κ3) is 6.24. The van der Waals surface area contributed by atoms with Crippen molar-refractivity contribution in [2.75, 3.05) is 13.1 Å². The lowest BCUT2D eigenvalue weighted by molar-refractivity contribution is -0.160. The molecule has 1 aromatic rings. The van der Waals surface area contributed by atoms with Crippen molar-refractivity contribution in [1.82, 2.24) is 10.2 Å². The Bertz CT molecular complexity index is 689. The second-order valence-corrected chi connectivity index (χ2v) is 8.33. The van der Waals surface area contributed by atoms with Crippen LogP contribution in [0.25, 0.3) is 0 Å². The average Bonchev–Trinajstić information content (AvgIpc) is 2.60. The molecule has 0 bridgehead atoms. The molecule has 1 heterocycles. The van der Waals surface area contributed by atoms with Crippen LogP contribution in [0.2, 0.25) is 5.02 Å². The number of hydrogen-bond donors (Lipinski definition) is 1. The molecular formula is C20H27ClN2O4. The molecule has 148 valence electrons. The fourth-order valence-electron chi connectivity index (χ4n) is 2.89. The van der Waals surface area contributed by atoms with Gasteiger partial charge in [0.25, 0.3) is 11.8 Å². The zero-order valence-corrected chi connectivity index (χ0v) is 17.0. The Morgan fingerprint density at radius 3 is 2.22 bits per heavy atom. The number of nitrogens with zero attached hydrogens (tertiary/aromatic N) is 1. The van der Waals surface area contributed by atoms with Crippen molar-refractivity contribution in [2.45, 2.75) is 52.2 Å². The molecule has 1 fully saturated rings. The third-order valence-electron chi connectivity index (χ3n) is 4.37. The highest BCUT2D eigenvalue weighted by molar-refractivity contribution is 6.30. The van der Waals surface area contributed by atoms with Crippen molar-refractivity contribution in [1.29, 1.82) is 0 Å². The van der Waals surface area contributed by atoms with Gasteiger partial charge in [-0.05, 0) is 64.8 Å². The van der Waals surface area contributed by atoms with E-state index >= 15 is 0 Å². The van der Waals surface area contributed by atoms with Gasteiger partial charge in [-0.3, -0.25) is 14.4 Å². The van der Waals surface area contributed by atoms with Gasteiger partial charge in [-0.2, -0.15) is 0 Å². The summed E-state index contributed by atoms with van der Waals surface area (Å²) in [5.74, 6) is -1.07. The second-order valence-electron chi connectivity index (χ2n) is 7.89. The first-order valence-corrected chi connectivity index (χ1v) is 9.52. The van der Waals surface area contributed by atoms with E-state index in [2.05, 4.69) is 5.32 Å². The fourth-order valence-corrected chi connectivity index (χ4v) is 3.01. The van der Waals surface area contributed by atoms with E-state index in [9.17, 15) is 14.4 Å². The summed E-state index contributed by atoms with van der Waals surface area (Å²) in [5.41, 5.74) is 0.193. The van der Waals surface area contributed by atoms with Crippen LogP contribution in [0.4, 0.5) is 0 Å². The topological polar surface area (TPSA) is 75.7 Å². The average molecular weight is 395 g/mol. The molecule has 6 nitrogen and oxygen atoms in total. The van der Waals surface area contributed by atoms with E-state index in [0.29, 0.717) is 36.5 Å². The number of likely N-dealkylation sites (tertiary alicyclic amines) is 1. The van der Waals surface area contributed by atoms with Gasteiger partial charge in [-0.15, -0.1) is 0 Å². The maximum atomic E-state index is 12.5. The minimum atomic E-state index is -0.842. The smallest absolute Gasteiger partial charge is 0.309 e. The predicted octanol–water partition coefficient (Wildman–Crippen LogP) is 3.04. The second kappa shape index (κ2) is 8.74. The Morgan fingerprint density at radius 1 is 1.15 bits per heavy atom. The lowest BCUT2D eigenvalue weighted by atomic mass is 9.96. The molecular weight excluding hydrogens is 368 g/mol. The summed E-state index contributed by atoms with van der Waals surface area (Å²) in [6.45, 7) is 8.12. The molecule has 2 rings (SSSR count). The Labute approximate surface area is 165 Å². The quantitative estimate of drug-likeness (QED) is 0.796. The maximum absolute atomic E-state index is 12.5. The number of carbonyl (C=O) groups is 3. The van der Waals surface area contributed by atoms with Crippen LogP contribution < -0.4 is 5.32 Å². The highest BCUT2D eigenvalue weighted by Crippen LogP contribution is 2.21. The largest absolute Gasteiger partial charge is 0.452 e. The fraction of sp³-hybridized carbons (Fsp3) is 0.550. The van der Waals surface area contributed by atoms with Gasteiger partial charge in [0.05, 0.1) is 5.92 Å². The van der Waals surface area contributed by atoms with Crippen molar-refractivity contribution in [2.24, 2.45) is 5.92 Å². The van der Waals surface area contributed by atoms with Crippen molar-refractivity contribution < 1.29 is 19.1 Å². The number of amides is 2. The van der Waals surface area contributed by atoms with E-state index in [1.807, 2.05) is 20.8 Å². The summed E-state index contributed by atoms with van der Waals surface area (Å²) in [6.07, 6.45) is 0.197. The molecule has 0 saturated carbocycles. The molecule has 0 unspecified atom stereocenters. The van der Waals surface area contributed by atoms with Crippen LogP contribution in [0.1, 0.15) is 50.9 Å². The van der Waals surface area contributed by atoms with E-state index in [-0.39, 0.29) is 29.2 Å². The number of piperidine rings is 1. The minimum Gasteiger partial charge on any atom is -0.452 e. The predicted molar refractivity (Wildman–Crippen MR) is 104 cm³/mol. The number of esters is 1. The molecule has 1 aliphatic rings. The molecule has 1 N–H and O–H groups in total. The van der Waals surface area contributed by atoms with Crippen LogP contribution >= 0.6 is 11.6 Å². The van der Waals surface area contributed by atoms with Crippen molar-refractivity contribution >= 4 is 29.4 Å². The van der Waals surface area contributed by atoms with Crippen LogP contribution in [0.5, 0.6) is 0 Å². The van der Waals surface area contributed by atoms with Crippen LogP contribution in [-0.2, 0) is 14.3 Å². The molecule has 27 heavy (non-hydrogen) atoms. The lowest BCUT2D eigenvalue weighted by Crippen LogP contribution is -2.47. The molecule has 2 amide bonds. The van der Waals surface area contributed by atoms with E-state index in [1.54, 1.807) is 36.1 Å². The van der Waals surface area contributed by atoms with Crippen LogP contribution in [0.15, 0.2) is 24.3 Å². The van der Waals surface area contributed by atoms with Crippen LogP contribution in [0.3, 0.4) is 0 Å². The SMILES string of the molecule is C[C@@H](OC(=O)C1CCN(C(=O)c2ccc(Cl)cc2)CC1)C(=O)NC(C)(C)C. The first-order chi connectivity index (χ1) is 12.6. The van der Waals surface area contributed by atoms with Crippen molar-refractivity contribution in [3.8, 4) is 0 Å². The number of ether oxygens (including phenoxy) is 1. The molecule has 1 aliphatic heterocycles. The Morgan fingerprint density at radius 2 is 1.70 bits per heavy atom. The molecule has 0 spiro atoms. The van der Waals surface area contributed by atoms with Gasteiger partial charge >= 0.3 is 5.97 Å². The molecule has 1 atom stereocenters. The molecule has 0 radical (unpaired) electrons. The van der Waals surface area contributed by atoms with Gasteiger partial charge in [-0.1, -0.05) is 11.6 Å². The van der Waals surface area contributed by atoms with Gasteiger partial charge in [0, 0.05) is 29.2 Å². The number of hydrogen-bond acceptors (Lipinski definition) is 4. The van der Waals surface area contributed by atoms with E-state index < -0.39 is 6.10 Å². The zero-order valence-electron chi connectivity index (χ0n) is 16.3. The summed E-state index contributed by atoms with van der Waals surface area (Å²) in [5, 5.41) is 3.37. The minimum absolute atomic E-state index is 0.0728. The Hall–Kier alpha value is -2.08. The number of nitrogens with one attached hydrogen (secondary N) is 1. The van der Waals surface area contributed by atoms with Crippen LogP contribution in [-0.4, -0.2) is 47.4 Å². The summed E-state index contributed by atoms with van der Waals surface area (Å²) >= 11 is 5.85. The molecule has 0 aliphatic carbocycles. The summed E-state index contributed by atoms with van der Waals surface area (Å²) in [7, 11) is 0. The maximum Gasteiger partial charge on any atom is 0.309 e. The third-order valence-corrected chi connectivity index (χ3v) is 4.62. The highest BCUT2D eigenvalue weighted by Gasteiger charge is 2.31. The van der Waals surface area contributed by atoms with Gasteiger partial charge in [-0.25, -0.2) is 0 Å². The normalized spacial score (nSPS) is 16.6. The Balaban J connectivity index is 1.84. The summed E-state index contributed by atoms with van der Waals surface area (Å²) < 4.78 is 5.32. The number of carbonyl (C=O) groups excluding carboxylic acids is 3. The Kier molecular flexibility index (Phi) is 6.87. The molecule has 0 aromatic heterocycles.